The number of halogens is 4. The van der Waals surface area contributed by atoms with Gasteiger partial charge in [0.05, 0.1) is 16.3 Å². The molecule has 0 bridgehead atoms. The van der Waals surface area contributed by atoms with Gasteiger partial charge < -0.3 is 5.32 Å². The van der Waals surface area contributed by atoms with Crippen LogP contribution < -0.4 is 16.2 Å². The Morgan fingerprint density at radius 2 is 2.00 bits per heavy atom. The zero-order valence-corrected chi connectivity index (χ0v) is 12.5. The van der Waals surface area contributed by atoms with E-state index in [1.54, 1.807) is 0 Å². The smallest absolute Gasteiger partial charge is 0.330 e. The molecule has 0 spiro atoms. The van der Waals surface area contributed by atoms with Crippen molar-refractivity contribution in [2.75, 3.05) is 5.32 Å². The van der Waals surface area contributed by atoms with Crippen LogP contribution in [0.1, 0.15) is 25.3 Å². The van der Waals surface area contributed by atoms with Crippen molar-refractivity contribution >= 4 is 40.5 Å². The highest BCUT2D eigenvalue weighted by Crippen LogP contribution is 2.33. The number of benzene rings is 1. The lowest BCUT2D eigenvalue weighted by atomic mass is 10.2. The quantitative estimate of drug-likeness (QED) is 0.583. The van der Waals surface area contributed by atoms with E-state index in [0.717, 1.165) is 18.2 Å². The molecular formula is C12H13ClF3N3OS. The van der Waals surface area contributed by atoms with Crippen molar-refractivity contribution in [3.05, 3.63) is 28.8 Å². The molecule has 0 fully saturated rings. The van der Waals surface area contributed by atoms with Crippen LogP contribution in [0.3, 0.4) is 0 Å². The standard InChI is InChI=1S/C12H13ClF3N3OS/c1-2-3-10(20)18-19-11(21)17-9-6-7(12(14,15)16)4-5-8(9)13/h4-6H,2-3H2,1H3,(H,18,20)(H2,17,19,21). The molecule has 0 saturated carbocycles. The molecule has 0 aliphatic carbocycles. The van der Waals surface area contributed by atoms with Gasteiger partial charge in [-0.05, 0) is 36.8 Å². The molecule has 21 heavy (non-hydrogen) atoms. The Bertz CT molecular complexity index is 537. The molecule has 0 heterocycles. The summed E-state index contributed by atoms with van der Waals surface area (Å²) in [6, 6.07) is 2.82. The Morgan fingerprint density at radius 1 is 1.33 bits per heavy atom. The SMILES string of the molecule is CCCC(=O)NNC(=S)Nc1cc(C(F)(F)F)ccc1Cl. The molecule has 0 unspecified atom stereocenters. The Kier molecular flexibility index (Phi) is 6.22. The van der Waals surface area contributed by atoms with Crippen molar-refractivity contribution in [3.8, 4) is 0 Å². The van der Waals surface area contributed by atoms with Gasteiger partial charge in [-0.1, -0.05) is 18.5 Å². The second-order valence-electron chi connectivity index (χ2n) is 4.07. The molecule has 0 aliphatic heterocycles. The van der Waals surface area contributed by atoms with E-state index in [0.29, 0.717) is 12.8 Å². The minimum atomic E-state index is -4.48. The Balaban J connectivity index is 2.69. The molecule has 0 aliphatic rings. The molecule has 9 heteroatoms. The van der Waals surface area contributed by atoms with Gasteiger partial charge in [0.2, 0.25) is 5.91 Å². The number of alkyl halides is 3. The van der Waals surface area contributed by atoms with E-state index in [-0.39, 0.29) is 21.7 Å². The summed E-state index contributed by atoms with van der Waals surface area (Å²) in [5.41, 5.74) is 3.83. The maximum atomic E-state index is 12.6. The van der Waals surface area contributed by atoms with Crippen molar-refractivity contribution < 1.29 is 18.0 Å². The minimum Gasteiger partial charge on any atom is -0.330 e. The molecular weight excluding hydrogens is 327 g/mol. The third kappa shape index (κ3) is 5.76. The number of nitrogens with one attached hydrogen (secondary N) is 3. The number of carbonyl (C=O) groups excluding carboxylic acids is 1. The summed E-state index contributed by atoms with van der Waals surface area (Å²) in [6.07, 6.45) is -3.52. The van der Waals surface area contributed by atoms with Gasteiger partial charge in [-0.3, -0.25) is 15.6 Å². The summed E-state index contributed by atoms with van der Waals surface area (Å²) in [4.78, 5) is 11.2. The van der Waals surface area contributed by atoms with E-state index in [1.165, 1.54) is 0 Å². The van der Waals surface area contributed by atoms with Crippen molar-refractivity contribution in [1.29, 1.82) is 0 Å². The van der Waals surface area contributed by atoms with Crippen LogP contribution in [-0.2, 0) is 11.0 Å². The molecule has 0 radical (unpaired) electrons. The van der Waals surface area contributed by atoms with Crippen LogP contribution in [0, 0.1) is 0 Å². The monoisotopic (exact) mass is 339 g/mol. The van der Waals surface area contributed by atoms with Crippen molar-refractivity contribution in [2.24, 2.45) is 0 Å². The zero-order valence-electron chi connectivity index (χ0n) is 11.0. The number of hydrogen-bond donors (Lipinski definition) is 3. The van der Waals surface area contributed by atoms with E-state index >= 15 is 0 Å². The van der Waals surface area contributed by atoms with Gasteiger partial charge >= 0.3 is 6.18 Å². The normalized spacial score (nSPS) is 10.9. The van der Waals surface area contributed by atoms with Gasteiger partial charge in [-0.15, -0.1) is 0 Å². The fourth-order valence-corrected chi connectivity index (χ4v) is 1.69. The number of hydrazine groups is 1. The molecule has 4 nitrogen and oxygen atoms in total. The average molecular weight is 340 g/mol. The predicted molar refractivity (Wildman–Crippen MR) is 78.9 cm³/mol. The van der Waals surface area contributed by atoms with Gasteiger partial charge in [0.25, 0.3) is 0 Å². The third-order valence-electron chi connectivity index (χ3n) is 2.33. The first-order valence-electron chi connectivity index (χ1n) is 5.96. The Hall–Kier alpha value is -1.54. The van der Waals surface area contributed by atoms with Crippen molar-refractivity contribution in [3.63, 3.8) is 0 Å². The number of carbonyl (C=O) groups is 1. The molecule has 0 saturated heterocycles. The topological polar surface area (TPSA) is 53.2 Å². The zero-order chi connectivity index (χ0) is 16.0. The summed E-state index contributed by atoms with van der Waals surface area (Å²) < 4.78 is 37.8. The number of amides is 1. The maximum Gasteiger partial charge on any atom is 0.416 e. The van der Waals surface area contributed by atoms with Crippen LogP contribution >= 0.6 is 23.8 Å². The van der Waals surface area contributed by atoms with E-state index in [2.05, 4.69) is 16.2 Å². The van der Waals surface area contributed by atoms with Gasteiger partial charge in [0.15, 0.2) is 5.11 Å². The first-order chi connectivity index (χ1) is 9.74. The van der Waals surface area contributed by atoms with Crippen LogP contribution in [0.4, 0.5) is 18.9 Å². The van der Waals surface area contributed by atoms with Crippen molar-refractivity contribution in [2.45, 2.75) is 25.9 Å². The minimum absolute atomic E-state index is 0.00580. The van der Waals surface area contributed by atoms with Crippen LogP contribution in [0.2, 0.25) is 5.02 Å². The van der Waals surface area contributed by atoms with Crippen molar-refractivity contribution in [1.82, 2.24) is 10.9 Å². The lowest BCUT2D eigenvalue weighted by molar-refractivity contribution is -0.137. The first kappa shape index (κ1) is 17.5. The van der Waals surface area contributed by atoms with E-state index in [9.17, 15) is 18.0 Å². The van der Waals surface area contributed by atoms with E-state index < -0.39 is 11.7 Å². The Labute approximate surface area is 130 Å². The second-order valence-corrected chi connectivity index (χ2v) is 4.89. The third-order valence-corrected chi connectivity index (χ3v) is 2.87. The summed E-state index contributed by atoms with van der Waals surface area (Å²) in [5.74, 6) is -0.281. The number of rotatable bonds is 3. The fraction of sp³-hybridized carbons (Fsp3) is 0.333. The van der Waals surface area contributed by atoms with Crippen LogP contribution in [-0.4, -0.2) is 11.0 Å². The van der Waals surface area contributed by atoms with Gasteiger partial charge in [0, 0.05) is 6.42 Å². The summed E-state index contributed by atoms with van der Waals surface area (Å²) in [6.45, 7) is 1.83. The molecule has 3 N–H and O–H groups in total. The molecule has 0 atom stereocenters. The highest BCUT2D eigenvalue weighted by molar-refractivity contribution is 7.80. The summed E-state index contributed by atoms with van der Waals surface area (Å²) in [5, 5.41) is 2.50. The predicted octanol–water partition coefficient (Wildman–Crippen LogP) is 3.48. The summed E-state index contributed by atoms with van der Waals surface area (Å²) >= 11 is 10.7. The van der Waals surface area contributed by atoms with Crippen LogP contribution in [0.5, 0.6) is 0 Å². The van der Waals surface area contributed by atoms with E-state index in [1.807, 2.05) is 6.92 Å². The largest absolute Gasteiger partial charge is 0.416 e. The van der Waals surface area contributed by atoms with Crippen LogP contribution in [0.25, 0.3) is 0 Å². The first-order valence-corrected chi connectivity index (χ1v) is 6.75. The molecule has 1 aromatic carbocycles. The van der Waals surface area contributed by atoms with Crippen LogP contribution in [0.15, 0.2) is 18.2 Å². The molecule has 1 amide bonds. The summed E-state index contributed by atoms with van der Waals surface area (Å²) in [7, 11) is 0. The fourth-order valence-electron chi connectivity index (χ4n) is 1.37. The highest BCUT2D eigenvalue weighted by atomic mass is 35.5. The number of anilines is 1. The van der Waals surface area contributed by atoms with E-state index in [4.69, 9.17) is 23.8 Å². The van der Waals surface area contributed by atoms with Gasteiger partial charge in [-0.25, -0.2) is 0 Å². The number of hydrogen-bond acceptors (Lipinski definition) is 2. The maximum absolute atomic E-state index is 12.6. The lowest BCUT2D eigenvalue weighted by Crippen LogP contribution is -2.43. The molecule has 116 valence electrons. The molecule has 0 aromatic heterocycles. The van der Waals surface area contributed by atoms with Gasteiger partial charge in [-0.2, -0.15) is 13.2 Å². The number of thiocarbonyl (C=S) groups is 1. The average Bonchev–Trinajstić information content (AvgIpc) is 2.38. The van der Waals surface area contributed by atoms with Gasteiger partial charge in [0.1, 0.15) is 0 Å². The molecule has 1 aromatic rings. The molecule has 1 rings (SSSR count). The second kappa shape index (κ2) is 7.46. The highest BCUT2D eigenvalue weighted by Gasteiger charge is 2.31. The lowest BCUT2D eigenvalue weighted by Gasteiger charge is -2.14. The Morgan fingerprint density at radius 3 is 2.57 bits per heavy atom.